The molecule has 60 valence electrons. The van der Waals surface area contributed by atoms with Gasteiger partial charge in [-0.25, -0.2) is 0 Å². The van der Waals surface area contributed by atoms with Gasteiger partial charge in [0, 0.05) is 6.54 Å². The van der Waals surface area contributed by atoms with Gasteiger partial charge >= 0.3 is 0 Å². The Kier molecular flexibility index (Phi) is 3.08. The van der Waals surface area contributed by atoms with E-state index in [1.807, 2.05) is 18.2 Å². The van der Waals surface area contributed by atoms with E-state index in [1.165, 1.54) is 11.1 Å². The Hall–Kier alpha value is -0.860. The van der Waals surface area contributed by atoms with Crippen LogP contribution >= 0.6 is 0 Å². The minimum Gasteiger partial charge on any atom is -0.330 e. The first-order valence-electron chi connectivity index (χ1n) is 3.85. The van der Waals surface area contributed by atoms with Crippen molar-refractivity contribution in [2.24, 2.45) is 11.5 Å². The van der Waals surface area contributed by atoms with Gasteiger partial charge in [-0.3, -0.25) is 0 Å². The van der Waals surface area contributed by atoms with Gasteiger partial charge < -0.3 is 11.5 Å². The average Bonchev–Trinajstić information content (AvgIpc) is 2.06. The Morgan fingerprint density at radius 2 is 1.64 bits per heavy atom. The predicted molar refractivity (Wildman–Crippen MR) is 47.1 cm³/mol. The fourth-order valence-corrected chi connectivity index (χ4v) is 1.16. The maximum atomic E-state index is 5.54. The molecule has 0 bridgehead atoms. The smallest absolute Gasteiger partial charge is 0.0180 e. The molecule has 0 aliphatic carbocycles. The highest BCUT2D eigenvalue weighted by atomic mass is 14.5. The molecule has 0 atom stereocenters. The number of rotatable bonds is 3. The van der Waals surface area contributed by atoms with Crippen LogP contribution in [0.2, 0.25) is 0 Å². The lowest BCUT2D eigenvalue weighted by atomic mass is 10.1. The van der Waals surface area contributed by atoms with Gasteiger partial charge in [-0.15, -0.1) is 0 Å². The molecule has 4 N–H and O–H groups in total. The minimum atomic E-state index is 0.607. The van der Waals surface area contributed by atoms with Crippen molar-refractivity contribution in [1.82, 2.24) is 0 Å². The van der Waals surface area contributed by atoms with Crippen molar-refractivity contribution in [1.29, 1.82) is 0 Å². The van der Waals surface area contributed by atoms with Gasteiger partial charge in [0.05, 0.1) is 0 Å². The fraction of sp³-hybridized carbons (Fsp3) is 0.333. The SMILES string of the molecule is NCCc1ccccc1CN. The molecule has 0 fully saturated rings. The first-order chi connectivity index (χ1) is 5.38. The number of nitrogens with two attached hydrogens (primary N) is 2. The molecule has 2 heteroatoms. The van der Waals surface area contributed by atoms with Crippen molar-refractivity contribution in [2.45, 2.75) is 13.0 Å². The van der Waals surface area contributed by atoms with Gasteiger partial charge in [0.1, 0.15) is 0 Å². The summed E-state index contributed by atoms with van der Waals surface area (Å²) >= 11 is 0. The number of hydrogen-bond donors (Lipinski definition) is 2. The van der Waals surface area contributed by atoms with Crippen LogP contribution in [-0.4, -0.2) is 6.54 Å². The molecule has 0 saturated carbocycles. The van der Waals surface area contributed by atoms with E-state index in [2.05, 4.69) is 6.07 Å². The van der Waals surface area contributed by atoms with E-state index in [9.17, 15) is 0 Å². The summed E-state index contributed by atoms with van der Waals surface area (Å²) in [6.45, 7) is 1.30. The molecule has 1 rings (SSSR count). The van der Waals surface area contributed by atoms with E-state index in [0.29, 0.717) is 13.1 Å². The van der Waals surface area contributed by atoms with Gasteiger partial charge in [-0.1, -0.05) is 24.3 Å². The molecule has 0 aliphatic rings. The summed E-state index contributed by atoms with van der Waals surface area (Å²) in [6.07, 6.45) is 0.924. The maximum Gasteiger partial charge on any atom is 0.0180 e. The van der Waals surface area contributed by atoms with Gasteiger partial charge in [0.25, 0.3) is 0 Å². The van der Waals surface area contributed by atoms with Crippen LogP contribution in [0.4, 0.5) is 0 Å². The monoisotopic (exact) mass is 150 g/mol. The van der Waals surface area contributed by atoms with Crippen molar-refractivity contribution in [3.63, 3.8) is 0 Å². The minimum absolute atomic E-state index is 0.607. The van der Waals surface area contributed by atoms with Crippen LogP contribution in [0.3, 0.4) is 0 Å². The summed E-state index contributed by atoms with van der Waals surface area (Å²) in [4.78, 5) is 0. The van der Waals surface area contributed by atoms with Crippen LogP contribution in [0.25, 0.3) is 0 Å². The highest BCUT2D eigenvalue weighted by Crippen LogP contribution is 2.07. The molecule has 0 aliphatic heterocycles. The van der Waals surface area contributed by atoms with Crippen LogP contribution in [-0.2, 0) is 13.0 Å². The quantitative estimate of drug-likeness (QED) is 0.664. The summed E-state index contributed by atoms with van der Waals surface area (Å²) in [5, 5.41) is 0. The first kappa shape index (κ1) is 8.24. The molecule has 1 aromatic rings. The number of benzene rings is 1. The summed E-state index contributed by atoms with van der Waals surface area (Å²) in [6, 6.07) is 8.15. The molecule has 0 aromatic heterocycles. The van der Waals surface area contributed by atoms with Crippen molar-refractivity contribution in [3.8, 4) is 0 Å². The van der Waals surface area contributed by atoms with Crippen LogP contribution in [0.5, 0.6) is 0 Å². The van der Waals surface area contributed by atoms with E-state index in [4.69, 9.17) is 11.5 Å². The van der Waals surface area contributed by atoms with Crippen LogP contribution in [0, 0.1) is 0 Å². The Bertz CT molecular complexity index is 221. The van der Waals surface area contributed by atoms with Crippen molar-refractivity contribution in [3.05, 3.63) is 35.4 Å². The fourth-order valence-electron chi connectivity index (χ4n) is 1.16. The van der Waals surface area contributed by atoms with E-state index < -0.39 is 0 Å². The summed E-state index contributed by atoms with van der Waals surface area (Å²) < 4.78 is 0. The predicted octanol–water partition coefficient (Wildman–Crippen LogP) is 0.646. The molecule has 0 heterocycles. The number of hydrogen-bond acceptors (Lipinski definition) is 2. The van der Waals surface area contributed by atoms with Crippen LogP contribution in [0.1, 0.15) is 11.1 Å². The maximum absolute atomic E-state index is 5.54. The van der Waals surface area contributed by atoms with Gasteiger partial charge in [0.2, 0.25) is 0 Å². The van der Waals surface area contributed by atoms with E-state index in [0.717, 1.165) is 6.42 Å². The van der Waals surface area contributed by atoms with E-state index in [-0.39, 0.29) is 0 Å². The Balaban J connectivity index is 2.83. The zero-order chi connectivity index (χ0) is 8.10. The molecular formula is C9H14N2. The summed E-state index contributed by atoms with van der Waals surface area (Å²) in [5.41, 5.74) is 13.5. The molecule has 0 amide bonds. The second-order valence-electron chi connectivity index (χ2n) is 2.51. The van der Waals surface area contributed by atoms with E-state index >= 15 is 0 Å². The zero-order valence-electron chi connectivity index (χ0n) is 6.59. The van der Waals surface area contributed by atoms with Crippen molar-refractivity contribution >= 4 is 0 Å². The lowest BCUT2D eigenvalue weighted by Gasteiger charge is -2.04. The van der Waals surface area contributed by atoms with Crippen molar-refractivity contribution < 1.29 is 0 Å². The third-order valence-electron chi connectivity index (χ3n) is 1.75. The van der Waals surface area contributed by atoms with E-state index in [1.54, 1.807) is 0 Å². The molecule has 1 aromatic carbocycles. The second-order valence-corrected chi connectivity index (χ2v) is 2.51. The standard InChI is InChI=1S/C9H14N2/c10-6-5-8-3-1-2-4-9(8)7-11/h1-4H,5-7,10-11H2. The Morgan fingerprint density at radius 1 is 1.00 bits per heavy atom. The molecular weight excluding hydrogens is 136 g/mol. The van der Waals surface area contributed by atoms with Crippen molar-refractivity contribution in [2.75, 3.05) is 6.54 Å². The lowest BCUT2D eigenvalue weighted by molar-refractivity contribution is 0.929. The van der Waals surface area contributed by atoms with Gasteiger partial charge in [-0.2, -0.15) is 0 Å². The molecule has 0 radical (unpaired) electrons. The summed E-state index contributed by atoms with van der Waals surface area (Å²) in [7, 11) is 0. The largest absolute Gasteiger partial charge is 0.330 e. The third-order valence-corrected chi connectivity index (χ3v) is 1.75. The molecule has 0 unspecified atom stereocenters. The van der Waals surface area contributed by atoms with Crippen LogP contribution < -0.4 is 11.5 Å². The first-order valence-corrected chi connectivity index (χ1v) is 3.85. The summed E-state index contributed by atoms with van der Waals surface area (Å²) in [5.74, 6) is 0. The average molecular weight is 150 g/mol. The molecule has 2 nitrogen and oxygen atoms in total. The normalized spacial score (nSPS) is 10.0. The Labute approximate surface area is 67.2 Å². The lowest BCUT2D eigenvalue weighted by Crippen LogP contribution is -2.07. The zero-order valence-corrected chi connectivity index (χ0v) is 6.59. The van der Waals surface area contributed by atoms with Crippen LogP contribution in [0.15, 0.2) is 24.3 Å². The highest BCUT2D eigenvalue weighted by molar-refractivity contribution is 5.26. The molecule has 0 saturated heterocycles. The van der Waals surface area contributed by atoms with Gasteiger partial charge in [-0.05, 0) is 24.1 Å². The topological polar surface area (TPSA) is 52.0 Å². The molecule has 11 heavy (non-hydrogen) atoms. The highest BCUT2D eigenvalue weighted by Gasteiger charge is 1.96. The Morgan fingerprint density at radius 3 is 2.18 bits per heavy atom. The third kappa shape index (κ3) is 2.03. The van der Waals surface area contributed by atoms with Gasteiger partial charge in [0.15, 0.2) is 0 Å². The molecule has 0 spiro atoms. The second kappa shape index (κ2) is 4.11.